The van der Waals surface area contributed by atoms with Crippen LogP contribution in [0.15, 0.2) is 29.2 Å². The standard InChI is InChI=1S/C16H23NS/c1-16(8-4-5-9-16)12-17-11-14-10-13-6-2-3-7-15(13)18-14/h2-3,6-7,14,17H,4-5,8-12H2,1H3. The fourth-order valence-electron chi connectivity index (χ4n) is 3.31. The van der Waals surface area contributed by atoms with Crippen molar-refractivity contribution in [1.29, 1.82) is 0 Å². The van der Waals surface area contributed by atoms with Crippen molar-refractivity contribution >= 4 is 11.8 Å². The van der Waals surface area contributed by atoms with Gasteiger partial charge in [0.05, 0.1) is 0 Å². The van der Waals surface area contributed by atoms with E-state index in [4.69, 9.17) is 0 Å². The number of fused-ring (bicyclic) bond motifs is 1. The van der Waals surface area contributed by atoms with E-state index in [0.29, 0.717) is 5.41 Å². The Hall–Kier alpha value is -0.470. The predicted molar refractivity (Wildman–Crippen MR) is 79.2 cm³/mol. The highest BCUT2D eigenvalue weighted by Crippen LogP contribution is 2.38. The molecule has 18 heavy (non-hydrogen) atoms. The van der Waals surface area contributed by atoms with Gasteiger partial charge in [-0.15, -0.1) is 11.8 Å². The third-order valence-corrected chi connectivity index (χ3v) is 5.77. The number of thioether (sulfide) groups is 1. The van der Waals surface area contributed by atoms with Gasteiger partial charge in [0, 0.05) is 23.2 Å². The van der Waals surface area contributed by atoms with E-state index in [1.807, 2.05) is 0 Å². The Morgan fingerprint density at radius 3 is 2.83 bits per heavy atom. The van der Waals surface area contributed by atoms with Crippen LogP contribution in [0.5, 0.6) is 0 Å². The highest BCUT2D eigenvalue weighted by Gasteiger charge is 2.29. The summed E-state index contributed by atoms with van der Waals surface area (Å²) in [6, 6.07) is 8.86. The summed E-state index contributed by atoms with van der Waals surface area (Å²) in [4.78, 5) is 1.50. The summed E-state index contributed by atoms with van der Waals surface area (Å²) in [5, 5.41) is 4.47. The zero-order valence-corrected chi connectivity index (χ0v) is 12.1. The van der Waals surface area contributed by atoms with Crippen LogP contribution in [0.3, 0.4) is 0 Å². The van der Waals surface area contributed by atoms with Crippen LogP contribution in [-0.2, 0) is 6.42 Å². The van der Waals surface area contributed by atoms with Gasteiger partial charge in [0.15, 0.2) is 0 Å². The first-order chi connectivity index (χ1) is 8.75. The Labute approximate surface area is 115 Å². The molecule has 0 amide bonds. The number of benzene rings is 1. The van der Waals surface area contributed by atoms with Gasteiger partial charge in [-0.3, -0.25) is 0 Å². The van der Waals surface area contributed by atoms with E-state index in [1.54, 1.807) is 5.56 Å². The molecule has 0 bridgehead atoms. The molecule has 1 aliphatic carbocycles. The fourth-order valence-corrected chi connectivity index (χ4v) is 4.59. The van der Waals surface area contributed by atoms with Crippen LogP contribution in [0.25, 0.3) is 0 Å². The first-order valence-electron chi connectivity index (χ1n) is 7.20. The van der Waals surface area contributed by atoms with Gasteiger partial charge in [-0.2, -0.15) is 0 Å². The third-order valence-electron chi connectivity index (χ3n) is 4.45. The monoisotopic (exact) mass is 261 g/mol. The maximum absolute atomic E-state index is 3.72. The number of rotatable bonds is 4. The van der Waals surface area contributed by atoms with Crippen molar-refractivity contribution in [3.63, 3.8) is 0 Å². The lowest BCUT2D eigenvalue weighted by Gasteiger charge is -2.24. The van der Waals surface area contributed by atoms with Gasteiger partial charge < -0.3 is 5.32 Å². The molecule has 2 aliphatic rings. The highest BCUT2D eigenvalue weighted by molar-refractivity contribution is 8.00. The first kappa shape index (κ1) is 12.6. The lowest BCUT2D eigenvalue weighted by atomic mass is 9.89. The molecule has 0 radical (unpaired) electrons. The number of hydrogen-bond acceptors (Lipinski definition) is 2. The van der Waals surface area contributed by atoms with Gasteiger partial charge in [-0.1, -0.05) is 38.0 Å². The molecular formula is C16H23NS. The molecule has 0 spiro atoms. The normalized spacial score (nSPS) is 25.3. The molecule has 1 N–H and O–H groups in total. The minimum atomic E-state index is 0.579. The molecule has 1 aromatic rings. The lowest BCUT2D eigenvalue weighted by molar-refractivity contribution is 0.316. The third kappa shape index (κ3) is 2.75. The van der Waals surface area contributed by atoms with Crippen molar-refractivity contribution < 1.29 is 0 Å². The largest absolute Gasteiger partial charge is 0.315 e. The summed E-state index contributed by atoms with van der Waals surface area (Å²) in [5.41, 5.74) is 2.12. The molecule has 1 aromatic carbocycles. The summed E-state index contributed by atoms with van der Waals surface area (Å²) in [7, 11) is 0. The fraction of sp³-hybridized carbons (Fsp3) is 0.625. The summed E-state index contributed by atoms with van der Waals surface area (Å²) in [6.07, 6.45) is 6.93. The van der Waals surface area contributed by atoms with Crippen LogP contribution < -0.4 is 5.32 Å². The summed E-state index contributed by atoms with van der Waals surface area (Å²) in [6.45, 7) is 4.82. The molecule has 0 aromatic heterocycles. The average Bonchev–Trinajstić information content (AvgIpc) is 2.95. The van der Waals surface area contributed by atoms with Crippen molar-refractivity contribution in [2.45, 2.75) is 49.2 Å². The van der Waals surface area contributed by atoms with Crippen LogP contribution in [0.4, 0.5) is 0 Å². The second-order valence-corrected chi connectivity index (χ2v) is 7.54. The SMILES string of the molecule is CC1(CNCC2Cc3ccccc3S2)CCCC1. The molecule has 1 fully saturated rings. The van der Waals surface area contributed by atoms with E-state index >= 15 is 0 Å². The predicted octanol–water partition coefficient (Wildman–Crippen LogP) is 3.87. The van der Waals surface area contributed by atoms with E-state index < -0.39 is 0 Å². The van der Waals surface area contributed by atoms with Crippen molar-refractivity contribution in [2.24, 2.45) is 5.41 Å². The van der Waals surface area contributed by atoms with Crippen LogP contribution in [0.2, 0.25) is 0 Å². The van der Waals surface area contributed by atoms with Gasteiger partial charge in [-0.05, 0) is 36.3 Å². The zero-order valence-electron chi connectivity index (χ0n) is 11.2. The van der Waals surface area contributed by atoms with Gasteiger partial charge >= 0.3 is 0 Å². The van der Waals surface area contributed by atoms with Crippen LogP contribution in [0, 0.1) is 5.41 Å². The van der Waals surface area contributed by atoms with Crippen molar-refractivity contribution in [1.82, 2.24) is 5.32 Å². The van der Waals surface area contributed by atoms with E-state index in [0.717, 1.165) is 11.8 Å². The Bertz CT molecular complexity index is 384. The van der Waals surface area contributed by atoms with E-state index in [1.165, 1.54) is 43.5 Å². The second kappa shape index (κ2) is 5.26. The van der Waals surface area contributed by atoms with Gasteiger partial charge in [0.2, 0.25) is 0 Å². The molecule has 1 unspecified atom stereocenters. The molecule has 3 rings (SSSR count). The zero-order chi connectivity index (χ0) is 12.4. The van der Waals surface area contributed by atoms with E-state index in [2.05, 4.69) is 48.3 Å². The quantitative estimate of drug-likeness (QED) is 0.883. The molecule has 1 atom stereocenters. The maximum atomic E-state index is 3.72. The molecule has 1 aliphatic heterocycles. The van der Waals surface area contributed by atoms with Gasteiger partial charge in [0.25, 0.3) is 0 Å². The summed E-state index contributed by atoms with van der Waals surface area (Å²) < 4.78 is 0. The Kier molecular flexibility index (Phi) is 3.67. The van der Waals surface area contributed by atoms with Crippen LogP contribution >= 0.6 is 11.8 Å². The summed E-state index contributed by atoms with van der Waals surface area (Å²) >= 11 is 2.06. The molecule has 0 saturated heterocycles. The van der Waals surface area contributed by atoms with Crippen molar-refractivity contribution in [2.75, 3.05) is 13.1 Å². The number of hydrogen-bond donors (Lipinski definition) is 1. The van der Waals surface area contributed by atoms with Crippen LogP contribution in [-0.4, -0.2) is 18.3 Å². The highest BCUT2D eigenvalue weighted by atomic mass is 32.2. The lowest BCUT2D eigenvalue weighted by Crippen LogP contribution is -2.33. The van der Waals surface area contributed by atoms with Crippen molar-refractivity contribution in [3.8, 4) is 0 Å². The topological polar surface area (TPSA) is 12.0 Å². The Morgan fingerprint density at radius 1 is 1.28 bits per heavy atom. The Morgan fingerprint density at radius 2 is 2.06 bits per heavy atom. The summed E-state index contributed by atoms with van der Waals surface area (Å²) in [5.74, 6) is 0. The molecule has 1 nitrogen and oxygen atoms in total. The second-order valence-electron chi connectivity index (χ2n) is 6.20. The maximum Gasteiger partial charge on any atom is 0.0260 e. The molecule has 98 valence electrons. The van der Waals surface area contributed by atoms with Crippen molar-refractivity contribution in [3.05, 3.63) is 29.8 Å². The molecule has 2 heteroatoms. The molecule has 1 heterocycles. The number of nitrogens with one attached hydrogen (secondary N) is 1. The van der Waals surface area contributed by atoms with Gasteiger partial charge in [-0.25, -0.2) is 0 Å². The minimum Gasteiger partial charge on any atom is -0.315 e. The molecular weight excluding hydrogens is 238 g/mol. The average molecular weight is 261 g/mol. The van der Waals surface area contributed by atoms with E-state index in [-0.39, 0.29) is 0 Å². The smallest absolute Gasteiger partial charge is 0.0260 e. The molecule has 1 saturated carbocycles. The van der Waals surface area contributed by atoms with Gasteiger partial charge in [0.1, 0.15) is 0 Å². The minimum absolute atomic E-state index is 0.579. The van der Waals surface area contributed by atoms with E-state index in [9.17, 15) is 0 Å². The Balaban J connectivity index is 1.46. The first-order valence-corrected chi connectivity index (χ1v) is 8.08. The van der Waals surface area contributed by atoms with Crippen LogP contribution in [0.1, 0.15) is 38.2 Å².